The molecule has 8 heteroatoms. The second kappa shape index (κ2) is 7.44. The van der Waals surface area contributed by atoms with Crippen LogP contribution in [0.2, 0.25) is 0 Å². The number of hydrogen-bond acceptors (Lipinski definition) is 6. The van der Waals surface area contributed by atoms with E-state index in [0.717, 1.165) is 36.4 Å². The first-order valence-corrected chi connectivity index (χ1v) is 9.75. The number of nitrogens with one attached hydrogen (secondary N) is 1. The molecule has 8 nitrogen and oxygen atoms in total. The van der Waals surface area contributed by atoms with Crippen molar-refractivity contribution >= 4 is 23.6 Å². The molecule has 0 saturated carbocycles. The van der Waals surface area contributed by atoms with E-state index in [1.165, 1.54) is 0 Å². The smallest absolute Gasteiger partial charge is 0.262 e. The maximum absolute atomic E-state index is 13.1. The highest BCUT2D eigenvalue weighted by Gasteiger charge is 2.45. The van der Waals surface area contributed by atoms with Crippen LogP contribution in [0.25, 0.3) is 0 Å². The third-order valence-electron chi connectivity index (χ3n) is 5.99. The molecule has 0 radical (unpaired) electrons. The normalized spacial score (nSPS) is 23.9. The molecule has 1 aromatic carbocycles. The van der Waals surface area contributed by atoms with E-state index in [0.29, 0.717) is 30.1 Å². The number of nitrogens with zero attached hydrogens (tertiary/aromatic N) is 2. The largest absolute Gasteiger partial charge is 0.330 e. The second-order valence-electron chi connectivity index (χ2n) is 7.74. The van der Waals surface area contributed by atoms with Crippen LogP contribution in [0.15, 0.2) is 18.2 Å². The molecule has 1 aromatic rings. The molecule has 3 heterocycles. The second-order valence-corrected chi connectivity index (χ2v) is 7.74. The minimum atomic E-state index is -0.932. The van der Waals surface area contributed by atoms with Gasteiger partial charge in [0.25, 0.3) is 11.8 Å². The Morgan fingerprint density at radius 3 is 2.46 bits per heavy atom. The summed E-state index contributed by atoms with van der Waals surface area (Å²) in [6, 6.07) is 4.34. The topological polar surface area (TPSA) is 113 Å². The molecule has 3 N–H and O–H groups in total. The highest BCUT2D eigenvalue weighted by Crippen LogP contribution is 2.31. The molecule has 0 spiro atoms. The molecule has 2 fully saturated rings. The average Bonchev–Trinajstić information content (AvgIpc) is 2.94. The van der Waals surface area contributed by atoms with Crippen LogP contribution in [0.4, 0.5) is 0 Å². The van der Waals surface area contributed by atoms with Gasteiger partial charge < -0.3 is 5.73 Å². The van der Waals surface area contributed by atoms with Gasteiger partial charge in [0.05, 0.1) is 11.1 Å². The van der Waals surface area contributed by atoms with Gasteiger partial charge in [0.1, 0.15) is 6.04 Å². The lowest BCUT2D eigenvalue weighted by Gasteiger charge is -2.31. The summed E-state index contributed by atoms with van der Waals surface area (Å²) in [5.41, 5.74) is 7.28. The molecule has 2 saturated heterocycles. The molecule has 1 atom stereocenters. The predicted octanol–water partition coefficient (Wildman–Crippen LogP) is 0.258. The summed E-state index contributed by atoms with van der Waals surface area (Å²) in [4.78, 5) is 52.9. The van der Waals surface area contributed by atoms with Crippen LogP contribution in [0.5, 0.6) is 0 Å². The predicted molar refractivity (Wildman–Crippen MR) is 100 cm³/mol. The molecular formula is C20H24N4O4. The van der Waals surface area contributed by atoms with Crippen molar-refractivity contribution in [3.8, 4) is 0 Å². The van der Waals surface area contributed by atoms with Crippen molar-refractivity contribution in [1.82, 2.24) is 15.1 Å². The third-order valence-corrected chi connectivity index (χ3v) is 5.99. The molecule has 4 amide bonds. The number of carbonyl (C=O) groups excluding carboxylic acids is 4. The Labute approximate surface area is 163 Å². The summed E-state index contributed by atoms with van der Waals surface area (Å²) in [6.07, 6.45) is 2.34. The van der Waals surface area contributed by atoms with E-state index in [9.17, 15) is 19.2 Å². The fraction of sp³-hybridized carbons (Fsp3) is 0.500. The van der Waals surface area contributed by atoms with Crippen LogP contribution in [-0.4, -0.2) is 59.1 Å². The number of amides is 4. The summed E-state index contributed by atoms with van der Waals surface area (Å²) < 4.78 is 0. The molecule has 3 aliphatic heterocycles. The third kappa shape index (κ3) is 3.22. The van der Waals surface area contributed by atoms with E-state index >= 15 is 0 Å². The minimum absolute atomic E-state index is 0.118. The first-order chi connectivity index (χ1) is 13.5. The van der Waals surface area contributed by atoms with Crippen LogP contribution in [0.3, 0.4) is 0 Å². The Hall–Kier alpha value is -2.58. The lowest BCUT2D eigenvalue weighted by molar-refractivity contribution is -0.136. The van der Waals surface area contributed by atoms with Gasteiger partial charge in [0.2, 0.25) is 11.8 Å². The molecular weight excluding hydrogens is 360 g/mol. The SMILES string of the molecule is NCC1CCN(Cc2cccc3c2C(=O)N(C2CCC(=O)NC2=O)C3=O)CC1. The molecule has 4 rings (SSSR count). The van der Waals surface area contributed by atoms with Crippen LogP contribution >= 0.6 is 0 Å². The first-order valence-electron chi connectivity index (χ1n) is 9.75. The summed E-state index contributed by atoms with van der Waals surface area (Å²) in [6.45, 7) is 3.10. The lowest BCUT2D eigenvalue weighted by Crippen LogP contribution is -2.54. The van der Waals surface area contributed by atoms with Crippen molar-refractivity contribution in [3.05, 3.63) is 34.9 Å². The zero-order valence-electron chi connectivity index (χ0n) is 15.6. The number of carbonyl (C=O) groups is 4. The Morgan fingerprint density at radius 1 is 1.04 bits per heavy atom. The number of imide groups is 2. The van der Waals surface area contributed by atoms with Gasteiger partial charge in [-0.3, -0.25) is 34.3 Å². The van der Waals surface area contributed by atoms with Crippen molar-refractivity contribution in [2.45, 2.75) is 38.3 Å². The maximum Gasteiger partial charge on any atom is 0.262 e. The maximum atomic E-state index is 13.1. The molecule has 28 heavy (non-hydrogen) atoms. The molecule has 0 aromatic heterocycles. The van der Waals surface area contributed by atoms with E-state index in [1.807, 2.05) is 6.07 Å². The van der Waals surface area contributed by atoms with E-state index in [2.05, 4.69) is 10.2 Å². The summed E-state index contributed by atoms with van der Waals surface area (Å²) in [5.74, 6) is -1.32. The van der Waals surface area contributed by atoms with Gasteiger partial charge in [-0.25, -0.2) is 0 Å². The van der Waals surface area contributed by atoms with Gasteiger partial charge in [-0.2, -0.15) is 0 Å². The fourth-order valence-electron chi connectivity index (χ4n) is 4.34. The number of benzene rings is 1. The summed E-state index contributed by atoms with van der Waals surface area (Å²) in [5, 5.41) is 2.22. The number of fused-ring (bicyclic) bond motifs is 1. The molecule has 3 aliphatic rings. The first kappa shape index (κ1) is 18.8. The van der Waals surface area contributed by atoms with Gasteiger partial charge in [-0.05, 0) is 56.4 Å². The monoisotopic (exact) mass is 384 g/mol. The highest BCUT2D eigenvalue weighted by molar-refractivity contribution is 6.24. The number of piperidine rings is 2. The molecule has 1 unspecified atom stereocenters. The van der Waals surface area contributed by atoms with Gasteiger partial charge in [-0.1, -0.05) is 12.1 Å². The van der Waals surface area contributed by atoms with Crippen molar-refractivity contribution in [2.24, 2.45) is 11.7 Å². The van der Waals surface area contributed by atoms with Crippen LogP contribution in [0, 0.1) is 5.92 Å². The van der Waals surface area contributed by atoms with Crippen molar-refractivity contribution in [2.75, 3.05) is 19.6 Å². The Balaban J connectivity index is 1.56. The van der Waals surface area contributed by atoms with E-state index in [4.69, 9.17) is 5.73 Å². The molecule has 0 bridgehead atoms. The Kier molecular flexibility index (Phi) is 4.99. The van der Waals surface area contributed by atoms with Crippen LogP contribution in [0.1, 0.15) is 52.0 Å². The van der Waals surface area contributed by atoms with E-state index in [1.54, 1.807) is 12.1 Å². The fourth-order valence-corrected chi connectivity index (χ4v) is 4.34. The van der Waals surface area contributed by atoms with Gasteiger partial charge >= 0.3 is 0 Å². The zero-order valence-corrected chi connectivity index (χ0v) is 15.6. The summed E-state index contributed by atoms with van der Waals surface area (Å²) >= 11 is 0. The number of likely N-dealkylation sites (tertiary alicyclic amines) is 1. The summed E-state index contributed by atoms with van der Waals surface area (Å²) in [7, 11) is 0. The van der Waals surface area contributed by atoms with Gasteiger partial charge in [-0.15, -0.1) is 0 Å². The Morgan fingerprint density at radius 2 is 1.79 bits per heavy atom. The Bertz CT molecular complexity index is 845. The van der Waals surface area contributed by atoms with Crippen LogP contribution < -0.4 is 11.1 Å². The van der Waals surface area contributed by atoms with Gasteiger partial charge in [0.15, 0.2) is 0 Å². The van der Waals surface area contributed by atoms with Crippen LogP contribution in [-0.2, 0) is 16.1 Å². The zero-order chi connectivity index (χ0) is 19.8. The quantitative estimate of drug-likeness (QED) is 0.720. The van der Waals surface area contributed by atoms with Crippen molar-refractivity contribution in [1.29, 1.82) is 0 Å². The lowest BCUT2D eigenvalue weighted by atomic mass is 9.96. The minimum Gasteiger partial charge on any atom is -0.330 e. The van der Waals surface area contributed by atoms with E-state index < -0.39 is 23.8 Å². The average molecular weight is 384 g/mol. The van der Waals surface area contributed by atoms with Gasteiger partial charge in [0, 0.05) is 13.0 Å². The number of hydrogen-bond donors (Lipinski definition) is 2. The molecule has 148 valence electrons. The van der Waals surface area contributed by atoms with Crippen molar-refractivity contribution in [3.63, 3.8) is 0 Å². The number of rotatable bonds is 4. The number of nitrogens with two attached hydrogens (primary N) is 1. The highest BCUT2D eigenvalue weighted by atomic mass is 16.2. The van der Waals surface area contributed by atoms with E-state index in [-0.39, 0.29) is 18.7 Å². The standard InChI is InChI=1S/C20H24N4O4/c21-10-12-6-8-23(9-7-12)11-13-2-1-3-14-17(13)20(28)24(19(14)27)15-4-5-16(25)22-18(15)26/h1-3,12,15H,4-11,21H2,(H,22,25,26). The van der Waals surface area contributed by atoms with Crippen molar-refractivity contribution < 1.29 is 19.2 Å². The molecule has 0 aliphatic carbocycles.